The Morgan fingerprint density at radius 1 is 1.27 bits per heavy atom. The van der Waals surface area contributed by atoms with Gasteiger partial charge >= 0.3 is 0 Å². The highest BCUT2D eigenvalue weighted by Crippen LogP contribution is 2.20. The van der Waals surface area contributed by atoms with Gasteiger partial charge in [0.2, 0.25) is 0 Å². The van der Waals surface area contributed by atoms with Crippen molar-refractivity contribution in [2.75, 3.05) is 0 Å². The molecule has 1 aromatic rings. The molecule has 0 N–H and O–H groups in total. The molecular weight excluding hydrogens is 150 g/mol. The van der Waals surface area contributed by atoms with Gasteiger partial charge in [-0.25, -0.2) is 8.78 Å². The number of hydrogen-bond donors (Lipinski definition) is 0. The van der Waals surface area contributed by atoms with Crippen LogP contribution in [-0.2, 0) is 0 Å². The number of rotatable bonds is 2. The lowest BCUT2D eigenvalue weighted by Gasteiger charge is -2.03. The molecule has 0 amide bonds. The van der Waals surface area contributed by atoms with Crippen molar-refractivity contribution in [1.29, 1.82) is 0 Å². The van der Waals surface area contributed by atoms with Crippen LogP contribution >= 0.6 is 0 Å². The second-order valence-electron chi connectivity index (χ2n) is 1.90. The fraction of sp³-hybridized carbons (Fsp3) is 0.125. The molecule has 1 radical (unpaired) electrons. The van der Waals surface area contributed by atoms with E-state index in [1.165, 1.54) is 12.7 Å². The van der Waals surface area contributed by atoms with Gasteiger partial charge in [0.05, 0.1) is 0 Å². The van der Waals surface area contributed by atoms with Crippen LogP contribution in [0, 0.1) is 18.2 Å². The lowest BCUT2D eigenvalue weighted by molar-refractivity contribution is 0.362. The molecule has 0 unspecified atom stereocenters. The monoisotopic (exact) mass is 157 g/mol. The molecule has 0 heterocycles. The highest BCUT2D eigenvalue weighted by Gasteiger charge is 2.07. The number of para-hydroxylation sites is 1. The summed E-state index contributed by atoms with van der Waals surface area (Å²) < 4.78 is 29.9. The summed E-state index contributed by atoms with van der Waals surface area (Å²) in [5.41, 5.74) is 0. The Hall–Kier alpha value is -1.12. The van der Waals surface area contributed by atoms with Crippen LogP contribution in [0.25, 0.3) is 0 Å². The van der Waals surface area contributed by atoms with Crippen LogP contribution in [0.5, 0.6) is 5.75 Å². The summed E-state index contributed by atoms with van der Waals surface area (Å²) in [7, 11) is 0. The van der Waals surface area contributed by atoms with E-state index in [4.69, 9.17) is 0 Å². The molecule has 0 spiro atoms. The molecule has 0 saturated heterocycles. The van der Waals surface area contributed by atoms with E-state index in [0.717, 1.165) is 12.1 Å². The smallest absolute Gasteiger partial charge is 0.191 e. The molecule has 0 aliphatic heterocycles. The Balaban J connectivity index is 3.00. The lowest BCUT2D eigenvalue weighted by atomic mass is 10.3. The van der Waals surface area contributed by atoms with E-state index >= 15 is 0 Å². The molecule has 0 atom stereocenters. The van der Waals surface area contributed by atoms with Gasteiger partial charge in [0.1, 0.15) is 6.61 Å². The van der Waals surface area contributed by atoms with Crippen LogP contribution in [0.1, 0.15) is 6.92 Å². The minimum atomic E-state index is -0.692. The quantitative estimate of drug-likeness (QED) is 0.640. The van der Waals surface area contributed by atoms with Crippen molar-refractivity contribution in [2.24, 2.45) is 0 Å². The van der Waals surface area contributed by atoms with Gasteiger partial charge in [-0.15, -0.1) is 0 Å². The topological polar surface area (TPSA) is 9.23 Å². The van der Waals surface area contributed by atoms with Crippen molar-refractivity contribution in [2.45, 2.75) is 6.92 Å². The minimum absolute atomic E-state index is 0.352. The molecule has 0 bridgehead atoms. The molecular formula is C8H7F2O. The van der Waals surface area contributed by atoms with Crippen molar-refractivity contribution < 1.29 is 13.5 Å². The number of halogens is 2. The summed E-state index contributed by atoms with van der Waals surface area (Å²) in [6.45, 7) is 2.77. The van der Waals surface area contributed by atoms with Gasteiger partial charge in [0, 0.05) is 0 Å². The third kappa shape index (κ3) is 1.67. The molecule has 0 saturated carbocycles. The molecule has 0 aromatic heterocycles. The Kier molecular flexibility index (Phi) is 2.41. The molecule has 11 heavy (non-hydrogen) atoms. The van der Waals surface area contributed by atoms with E-state index in [1.54, 1.807) is 6.92 Å². The van der Waals surface area contributed by atoms with E-state index in [2.05, 4.69) is 4.74 Å². The summed E-state index contributed by atoms with van der Waals surface area (Å²) in [6.07, 6.45) is 0. The average Bonchev–Trinajstić information content (AvgIpc) is 1.97. The second-order valence-corrected chi connectivity index (χ2v) is 1.90. The molecule has 1 nitrogen and oxygen atoms in total. The predicted octanol–water partition coefficient (Wildman–Crippen LogP) is 2.53. The fourth-order valence-corrected chi connectivity index (χ4v) is 0.713. The van der Waals surface area contributed by atoms with Gasteiger partial charge in [-0.05, 0) is 19.1 Å². The lowest BCUT2D eigenvalue weighted by Crippen LogP contribution is -1.92. The van der Waals surface area contributed by atoms with Crippen molar-refractivity contribution in [1.82, 2.24) is 0 Å². The normalized spacial score (nSPS) is 9.73. The maximum absolute atomic E-state index is 12.7. The number of hydrogen-bond acceptors (Lipinski definition) is 1. The Morgan fingerprint density at radius 2 is 1.82 bits per heavy atom. The Labute approximate surface area is 63.6 Å². The zero-order chi connectivity index (χ0) is 8.27. The van der Waals surface area contributed by atoms with Gasteiger partial charge in [-0.1, -0.05) is 6.07 Å². The summed E-state index contributed by atoms with van der Waals surface area (Å²) in [4.78, 5) is 0. The van der Waals surface area contributed by atoms with E-state index in [1.807, 2.05) is 0 Å². The Morgan fingerprint density at radius 3 is 2.27 bits per heavy atom. The molecule has 0 aliphatic rings. The van der Waals surface area contributed by atoms with Crippen LogP contribution in [0.2, 0.25) is 0 Å². The summed E-state index contributed by atoms with van der Waals surface area (Å²) in [6, 6.07) is 3.57. The first-order chi connectivity index (χ1) is 5.25. The van der Waals surface area contributed by atoms with E-state index in [9.17, 15) is 8.78 Å². The van der Waals surface area contributed by atoms with Crippen molar-refractivity contribution in [3.8, 4) is 5.75 Å². The van der Waals surface area contributed by atoms with E-state index in [0.29, 0.717) is 0 Å². The van der Waals surface area contributed by atoms with Crippen LogP contribution in [0.15, 0.2) is 18.2 Å². The molecule has 3 heteroatoms. The predicted molar refractivity (Wildman–Crippen MR) is 37.0 cm³/mol. The second kappa shape index (κ2) is 3.32. The summed E-state index contributed by atoms with van der Waals surface area (Å²) >= 11 is 0. The van der Waals surface area contributed by atoms with Crippen LogP contribution in [0.3, 0.4) is 0 Å². The SMILES string of the molecule is C[CH]Oc1c(F)cccc1F. The van der Waals surface area contributed by atoms with Crippen LogP contribution in [-0.4, -0.2) is 0 Å². The molecule has 0 fully saturated rings. The van der Waals surface area contributed by atoms with Crippen molar-refractivity contribution in [3.63, 3.8) is 0 Å². The molecule has 0 aliphatic carbocycles. The Bertz CT molecular complexity index is 228. The van der Waals surface area contributed by atoms with Crippen LogP contribution < -0.4 is 4.74 Å². The average molecular weight is 157 g/mol. The maximum Gasteiger partial charge on any atom is 0.191 e. The van der Waals surface area contributed by atoms with Gasteiger partial charge in [-0.3, -0.25) is 0 Å². The number of benzene rings is 1. The van der Waals surface area contributed by atoms with Gasteiger partial charge in [0.15, 0.2) is 17.4 Å². The van der Waals surface area contributed by atoms with E-state index in [-0.39, 0.29) is 5.75 Å². The molecule has 59 valence electrons. The van der Waals surface area contributed by atoms with E-state index < -0.39 is 11.6 Å². The standard InChI is InChI=1S/C8H7F2O/c1-2-11-8-6(9)4-3-5-7(8)10/h2-5H,1H3. The maximum atomic E-state index is 12.7. The zero-order valence-electron chi connectivity index (χ0n) is 5.97. The highest BCUT2D eigenvalue weighted by atomic mass is 19.1. The largest absolute Gasteiger partial charge is 0.481 e. The summed E-state index contributed by atoms with van der Waals surface area (Å²) in [5, 5.41) is 0. The van der Waals surface area contributed by atoms with Crippen molar-refractivity contribution >= 4 is 0 Å². The van der Waals surface area contributed by atoms with Gasteiger partial charge in [-0.2, -0.15) is 0 Å². The van der Waals surface area contributed by atoms with Gasteiger partial charge in [0.25, 0.3) is 0 Å². The first-order valence-corrected chi connectivity index (χ1v) is 3.14. The minimum Gasteiger partial charge on any atom is -0.481 e. The zero-order valence-corrected chi connectivity index (χ0v) is 5.97. The first-order valence-electron chi connectivity index (χ1n) is 3.14. The first kappa shape index (κ1) is 7.98. The van der Waals surface area contributed by atoms with Crippen molar-refractivity contribution in [3.05, 3.63) is 36.4 Å². The van der Waals surface area contributed by atoms with Gasteiger partial charge < -0.3 is 4.74 Å². The van der Waals surface area contributed by atoms with Crippen LogP contribution in [0.4, 0.5) is 8.78 Å². The summed E-state index contributed by atoms with van der Waals surface area (Å²) in [5.74, 6) is -1.73. The third-order valence-corrected chi connectivity index (χ3v) is 1.15. The molecule has 1 rings (SSSR count). The highest BCUT2D eigenvalue weighted by molar-refractivity contribution is 5.26. The molecule has 1 aromatic carbocycles. The third-order valence-electron chi connectivity index (χ3n) is 1.15. The fourth-order valence-electron chi connectivity index (χ4n) is 0.713. The number of ether oxygens (including phenoxy) is 1.